The van der Waals surface area contributed by atoms with Crippen LogP contribution in [0.15, 0.2) is 89.8 Å². The second-order valence-electron chi connectivity index (χ2n) is 13.5. The van der Waals surface area contributed by atoms with Gasteiger partial charge < -0.3 is 9.80 Å². The Labute approximate surface area is 315 Å². The van der Waals surface area contributed by atoms with E-state index in [1.807, 2.05) is 11.3 Å². The first-order chi connectivity index (χ1) is 24.4. The van der Waals surface area contributed by atoms with Crippen LogP contribution in [-0.2, 0) is 13.1 Å². The molecule has 0 unspecified atom stereocenters. The lowest BCUT2D eigenvalue weighted by Gasteiger charge is -2.37. The summed E-state index contributed by atoms with van der Waals surface area (Å²) in [6.07, 6.45) is 20.0. The molecule has 0 radical (unpaired) electrons. The SMILES string of the molecule is C/C=C(\CN(CCCC)/C(=C\CC)c1sc2ccccc2c1Cl)N(Cc1ccccc1CN(CCC)CCCC)C1=CCCC=C1C.CCC. The summed E-state index contributed by atoms with van der Waals surface area (Å²) < 4.78 is 1.25. The number of unbranched alkanes of at least 4 members (excludes halogenated alkanes) is 2. The van der Waals surface area contributed by atoms with E-state index in [1.165, 1.54) is 69.1 Å². The van der Waals surface area contributed by atoms with Crippen LogP contribution in [0.3, 0.4) is 0 Å². The maximum absolute atomic E-state index is 7.16. The zero-order chi connectivity index (χ0) is 36.3. The van der Waals surface area contributed by atoms with Gasteiger partial charge in [0.15, 0.2) is 0 Å². The van der Waals surface area contributed by atoms with E-state index in [0.717, 1.165) is 81.8 Å². The Hall–Kier alpha value is -2.79. The van der Waals surface area contributed by atoms with Crippen molar-refractivity contribution in [1.82, 2.24) is 14.7 Å². The third-order valence-corrected chi connectivity index (χ3v) is 10.9. The molecular weight excluding hydrogens is 650 g/mol. The molecule has 0 saturated carbocycles. The lowest BCUT2D eigenvalue weighted by Crippen LogP contribution is -2.34. The topological polar surface area (TPSA) is 9.72 Å². The summed E-state index contributed by atoms with van der Waals surface area (Å²) in [4.78, 5) is 9.06. The number of hydrogen-bond donors (Lipinski definition) is 0. The van der Waals surface area contributed by atoms with Crippen molar-refractivity contribution < 1.29 is 0 Å². The third-order valence-electron chi connectivity index (χ3n) is 9.18. The molecule has 0 atom stereocenters. The molecule has 274 valence electrons. The number of nitrogens with zero attached hydrogens (tertiary/aromatic N) is 3. The Morgan fingerprint density at radius 1 is 0.800 bits per heavy atom. The van der Waals surface area contributed by atoms with Gasteiger partial charge in [0.25, 0.3) is 0 Å². The minimum absolute atomic E-state index is 0.832. The average Bonchev–Trinajstić information content (AvgIpc) is 3.46. The summed E-state index contributed by atoms with van der Waals surface area (Å²) >= 11 is 8.98. The number of thiophene rings is 1. The summed E-state index contributed by atoms with van der Waals surface area (Å²) in [5, 5.41) is 2.04. The van der Waals surface area contributed by atoms with Crippen LogP contribution < -0.4 is 0 Å². The third kappa shape index (κ3) is 11.9. The molecule has 0 bridgehead atoms. The van der Waals surface area contributed by atoms with Crippen molar-refractivity contribution in [3.8, 4) is 0 Å². The Morgan fingerprint density at radius 2 is 1.44 bits per heavy atom. The van der Waals surface area contributed by atoms with Gasteiger partial charge in [-0.1, -0.05) is 139 Å². The van der Waals surface area contributed by atoms with Gasteiger partial charge in [0.1, 0.15) is 0 Å². The van der Waals surface area contributed by atoms with Gasteiger partial charge in [-0.3, -0.25) is 4.90 Å². The van der Waals surface area contributed by atoms with Crippen LogP contribution in [-0.4, -0.2) is 40.9 Å². The van der Waals surface area contributed by atoms with Gasteiger partial charge in [-0.05, 0) is 88.2 Å². The quantitative estimate of drug-likeness (QED) is 0.122. The fourth-order valence-electron chi connectivity index (χ4n) is 6.59. The van der Waals surface area contributed by atoms with Crippen LogP contribution in [0, 0.1) is 0 Å². The molecule has 4 rings (SSSR count). The predicted octanol–water partition coefficient (Wildman–Crippen LogP) is 13.9. The largest absolute Gasteiger partial charge is 0.365 e. The van der Waals surface area contributed by atoms with Gasteiger partial charge in [-0.25, -0.2) is 0 Å². The van der Waals surface area contributed by atoms with Gasteiger partial charge in [0, 0.05) is 41.1 Å². The molecule has 3 aromatic rings. The monoisotopic (exact) mass is 715 g/mol. The van der Waals surface area contributed by atoms with E-state index < -0.39 is 0 Å². The molecule has 1 aliphatic rings. The van der Waals surface area contributed by atoms with E-state index in [1.54, 1.807) is 0 Å². The fraction of sp³-hybridized carbons (Fsp3) is 0.511. The molecule has 1 aliphatic carbocycles. The zero-order valence-electron chi connectivity index (χ0n) is 32.7. The van der Waals surface area contributed by atoms with Crippen molar-refractivity contribution in [3.63, 3.8) is 0 Å². The van der Waals surface area contributed by atoms with Crippen LogP contribution in [0.5, 0.6) is 0 Å². The van der Waals surface area contributed by atoms with Crippen molar-refractivity contribution >= 4 is 38.7 Å². The second-order valence-corrected chi connectivity index (χ2v) is 15.0. The summed E-state index contributed by atoms with van der Waals surface area (Å²) in [6, 6.07) is 17.7. The van der Waals surface area contributed by atoms with Gasteiger partial charge in [0.05, 0.1) is 22.1 Å². The van der Waals surface area contributed by atoms with Gasteiger partial charge in [-0.2, -0.15) is 0 Å². The van der Waals surface area contributed by atoms with E-state index in [-0.39, 0.29) is 0 Å². The summed E-state index contributed by atoms with van der Waals surface area (Å²) in [7, 11) is 0. The maximum atomic E-state index is 7.16. The number of benzene rings is 2. The number of allylic oxidation sites excluding steroid dienone is 5. The van der Waals surface area contributed by atoms with Crippen molar-refractivity contribution in [2.24, 2.45) is 0 Å². The van der Waals surface area contributed by atoms with Crippen molar-refractivity contribution in [2.45, 2.75) is 126 Å². The Bertz CT molecular complexity index is 1560. The van der Waals surface area contributed by atoms with E-state index >= 15 is 0 Å². The van der Waals surface area contributed by atoms with E-state index in [2.05, 4.69) is 143 Å². The highest BCUT2D eigenvalue weighted by atomic mass is 35.5. The maximum Gasteiger partial charge on any atom is 0.0699 e. The summed E-state index contributed by atoms with van der Waals surface area (Å²) in [5.74, 6) is 0. The smallest absolute Gasteiger partial charge is 0.0699 e. The fourth-order valence-corrected chi connectivity index (χ4v) is 8.19. The minimum atomic E-state index is 0.832. The van der Waals surface area contributed by atoms with E-state index in [9.17, 15) is 0 Å². The molecule has 1 aromatic heterocycles. The minimum Gasteiger partial charge on any atom is -0.365 e. The number of halogens is 1. The van der Waals surface area contributed by atoms with Crippen molar-refractivity contribution in [1.29, 1.82) is 0 Å². The zero-order valence-corrected chi connectivity index (χ0v) is 34.2. The summed E-state index contributed by atoms with van der Waals surface area (Å²) in [6.45, 7) is 23.9. The number of hydrogen-bond acceptors (Lipinski definition) is 4. The molecule has 50 heavy (non-hydrogen) atoms. The van der Waals surface area contributed by atoms with E-state index in [0.29, 0.717) is 0 Å². The lowest BCUT2D eigenvalue weighted by atomic mass is 10.0. The molecule has 3 nitrogen and oxygen atoms in total. The number of fused-ring (bicyclic) bond motifs is 1. The number of rotatable bonds is 19. The molecule has 0 aliphatic heterocycles. The Balaban J connectivity index is 0.00000217. The van der Waals surface area contributed by atoms with Crippen LogP contribution in [0.25, 0.3) is 15.8 Å². The Morgan fingerprint density at radius 3 is 2.06 bits per heavy atom. The van der Waals surface area contributed by atoms with Crippen molar-refractivity contribution in [2.75, 3.05) is 26.2 Å². The molecule has 5 heteroatoms. The van der Waals surface area contributed by atoms with Gasteiger partial charge >= 0.3 is 0 Å². The Kier molecular flexibility index (Phi) is 19.1. The average molecular weight is 717 g/mol. The summed E-state index contributed by atoms with van der Waals surface area (Å²) in [5.41, 5.74) is 8.20. The molecule has 0 N–H and O–H groups in total. The molecule has 1 heterocycles. The highest BCUT2D eigenvalue weighted by Crippen LogP contribution is 2.41. The first-order valence-electron chi connectivity index (χ1n) is 19.6. The first kappa shape index (κ1) is 41.6. The lowest BCUT2D eigenvalue weighted by molar-refractivity contribution is 0.259. The second kappa shape index (κ2) is 22.9. The van der Waals surface area contributed by atoms with Gasteiger partial charge in [-0.15, -0.1) is 11.3 Å². The normalized spacial score (nSPS) is 13.6. The van der Waals surface area contributed by atoms with Crippen LogP contribution in [0.4, 0.5) is 0 Å². The van der Waals surface area contributed by atoms with Crippen molar-refractivity contribution in [3.05, 3.63) is 111 Å². The van der Waals surface area contributed by atoms with Gasteiger partial charge in [0.2, 0.25) is 0 Å². The molecule has 0 spiro atoms. The highest BCUT2D eigenvalue weighted by molar-refractivity contribution is 7.20. The van der Waals surface area contributed by atoms with E-state index in [4.69, 9.17) is 11.6 Å². The first-order valence-corrected chi connectivity index (χ1v) is 20.8. The van der Waals surface area contributed by atoms with Crippen LogP contribution in [0.1, 0.15) is 129 Å². The molecular formula is C45H66ClN3S. The molecule has 0 saturated heterocycles. The standard InChI is InChI=1S/C42H58ClN3S.C3H8/c1-7-12-28-44(27-10-4)30-34-22-15-16-23-35(34)31-46(38-25-18-14-21-33(38)6)36(11-5)32-45(29-13-8-2)39(20-9-3)42-41(43)37-24-17-19-26-40(37)47-42;1-3-2/h11,15-17,19-26H,7-10,12-14,18,27-32H2,1-6H3;3H2,1-2H3/b36-11+,39-20-;. The van der Waals surface area contributed by atoms with Crippen LogP contribution in [0.2, 0.25) is 5.02 Å². The molecule has 0 fully saturated rings. The molecule has 2 aromatic carbocycles. The molecule has 0 amide bonds. The predicted molar refractivity (Wildman–Crippen MR) is 225 cm³/mol. The highest BCUT2D eigenvalue weighted by Gasteiger charge is 2.24. The van der Waals surface area contributed by atoms with Crippen LogP contribution >= 0.6 is 22.9 Å².